The molecule has 0 atom stereocenters. The van der Waals surface area contributed by atoms with Crippen molar-refractivity contribution < 1.29 is 19.1 Å². The van der Waals surface area contributed by atoms with Gasteiger partial charge in [0, 0.05) is 5.69 Å². The molecule has 0 bridgehead atoms. The summed E-state index contributed by atoms with van der Waals surface area (Å²) in [5.41, 5.74) is 4.46. The Balaban J connectivity index is 1.50. The van der Waals surface area contributed by atoms with E-state index in [0.717, 1.165) is 11.1 Å². The lowest BCUT2D eigenvalue weighted by Gasteiger charge is -2.07. The average Bonchev–Trinajstić information content (AvgIpc) is 2.79. The number of nitrogens with one attached hydrogen (secondary N) is 2. The number of rotatable bonds is 7. The Morgan fingerprint density at radius 2 is 1.67 bits per heavy atom. The van der Waals surface area contributed by atoms with Gasteiger partial charge in [-0.1, -0.05) is 42.5 Å². The first-order valence-corrected chi connectivity index (χ1v) is 9.19. The molecular formula is C23H21N3O4. The number of hydrazone groups is 1. The summed E-state index contributed by atoms with van der Waals surface area (Å²) in [5, 5.41) is 6.31. The second-order valence-corrected chi connectivity index (χ2v) is 6.23. The van der Waals surface area contributed by atoms with Gasteiger partial charge in [0.2, 0.25) is 0 Å². The minimum Gasteiger partial charge on any atom is -0.497 e. The number of carbonyl (C=O) groups is 2. The Kier molecular flexibility index (Phi) is 7.16. The first-order chi connectivity index (χ1) is 14.6. The van der Waals surface area contributed by atoms with Gasteiger partial charge in [0.1, 0.15) is 18.1 Å². The van der Waals surface area contributed by atoms with E-state index in [4.69, 9.17) is 9.47 Å². The van der Waals surface area contributed by atoms with E-state index in [1.54, 1.807) is 37.4 Å². The number of hydrogen-bond acceptors (Lipinski definition) is 5. The number of ether oxygens (including phenoxy) is 2. The molecule has 3 aromatic rings. The number of methoxy groups -OCH3 is 1. The van der Waals surface area contributed by atoms with Crippen LogP contribution in [-0.4, -0.2) is 25.1 Å². The van der Waals surface area contributed by atoms with Crippen molar-refractivity contribution in [2.75, 3.05) is 12.4 Å². The van der Waals surface area contributed by atoms with Crippen molar-refractivity contribution in [3.05, 3.63) is 90.0 Å². The van der Waals surface area contributed by atoms with Crippen LogP contribution in [0.15, 0.2) is 84.0 Å². The fourth-order valence-corrected chi connectivity index (χ4v) is 2.50. The number of hydrogen-bond donors (Lipinski definition) is 2. The molecule has 0 saturated carbocycles. The van der Waals surface area contributed by atoms with E-state index in [-0.39, 0.29) is 0 Å². The third-order valence-electron chi connectivity index (χ3n) is 4.04. The van der Waals surface area contributed by atoms with E-state index in [0.29, 0.717) is 23.8 Å². The molecule has 0 aliphatic heterocycles. The molecular weight excluding hydrogens is 382 g/mol. The number of anilines is 1. The van der Waals surface area contributed by atoms with Crippen LogP contribution in [0.4, 0.5) is 5.69 Å². The van der Waals surface area contributed by atoms with Crippen LogP contribution in [-0.2, 0) is 16.2 Å². The normalized spacial score (nSPS) is 10.4. The average molecular weight is 403 g/mol. The molecule has 0 radical (unpaired) electrons. The SMILES string of the molecule is COc1ccc(NC(=O)C(=O)NN=Cc2cccc(OCc3ccccc3)c2)cc1. The van der Waals surface area contributed by atoms with Gasteiger partial charge in [0.05, 0.1) is 13.3 Å². The van der Waals surface area contributed by atoms with Crippen LogP contribution in [0.25, 0.3) is 0 Å². The molecule has 0 heterocycles. The summed E-state index contributed by atoms with van der Waals surface area (Å²) < 4.78 is 10.8. The maximum absolute atomic E-state index is 11.9. The number of benzene rings is 3. The number of carbonyl (C=O) groups excluding carboxylic acids is 2. The van der Waals surface area contributed by atoms with Crippen LogP contribution >= 0.6 is 0 Å². The van der Waals surface area contributed by atoms with Crippen LogP contribution in [0.1, 0.15) is 11.1 Å². The van der Waals surface area contributed by atoms with Crippen LogP contribution in [0.5, 0.6) is 11.5 Å². The van der Waals surface area contributed by atoms with Gasteiger partial charge >= 0.3 is 11.8 Å². The zero-order valence-electron chi connectivity index (χ0n) is 16.4. The molecule has 7 heteroatoms. The molecule has 0 fully saturated rings. The minimum atomic E-state index is -0.876. The van der Waals surface area contributed by atoms with Crippen molar-refractivity contribution in [3.8, 4) is 11.5 Å². The van der Waals surface area contributed by atoms with E-state index in [1.807, 2.05) is 48.5 Å². The standard InChI is InChI=1S/C23H21N3O4/c1-29-20-12-10-19(11-13-20)25-22(27)23(28)26-24-15-18-8-5-9-21(14-18)30-16-17-6-3-2-4-7-17/h2-15H,16H2,1H3,(H,25,27)(H,26,28). The van der Waals surface area contributed by atoms with Gasteiger partial charge in [0.25, 0.3) is 0 Å². The Morgan fingerprint density at radius 3 is 2.40 bits per heavy atom. The minimum absolute atomic E-state index is 0.448. The molecule has 2 N–H and O–H groups in total. The highest BCUT2D eigenvalue weighted by atomic mass is 16.5. The monoisotopic (exact) mass is 403 g/mol. The van der Waals surface area contributed by atoms with Gasteiger partial charge in [-0.2, -0.15) is 5.10 Å². The molecule has 30 heavy (non-hydrogen) atoms. The van der Waals surface area contributed by atoms with Gasteiger partial charge in [-0.15, -0.1) is 0 Å². The molecule has 3 aromatic carbocycles. The van der Waals surface area contributed by atoms with Crippen molar-refractivity contribution in [3.63, 3.8) is 0 Å². The highest BCUT2D eigenvalue weighted by Gasteiger charge is 2.12. The Morgan fingerprint density at radius 1 is 0.900 bits per heavy atom. The zero-order valence-corrected chi connectivity index (χ0v) is 16.4. The van der Waals surface area contributed by atoms with E-state index in [9.17, 15) is 9.59 Å². The van der Waals surface area contributed by atoms with Crippen LogP contribution in [0.2, 0.25) is 0 Å². The van der Waals surface area contributed by atoms with Crippen molar-refractivity contribution in [1.82, 2.24) is 5.43 Å². The second-order valence-electron chi connectivity index (χ2n) is 6.23. The van der Waals surface area contributed by atoms with Crippen molar-refractivity contribution in [2.45, 2.75) is 6.61 Å². The number of nitrogens with zero attached hydrogens (tertiary/aromatic N) is 1. The predicted molar refractivity (Wildman–Crippen MR) is 115 cm³/mol. The van der Waals surface area contributed by atoms with Crippen molar-refractivity contribution in [1.29, 1.82) is 0 Å². The molecule has 2 amide bonds. The number of amides is 2. The van der Waals surface area contributed by atoms with E-state index in [1.165, 1.54) is 6.21 Å². The van der Waals surface area contributed by atoms with Gasteiger partial charge in [-0.25, -0.2) is 5.43 Å². The maximum Gasteiger partial charge on any atom is 0.329 e. The van der Waals surface area contributed by atoms with Gasteiger partial charge in [-0.05, 0) is 47.5 Å². The molecule has 0 unspecified atom stereocenters. The molecule has 7 nitrogen and oxygen atoms in total. The van der Waals surface area contributed by atoms with Gasteiger partial charge in [0.15, 0.2) is 0 Å². The summed E-state index contributed by atoms with van der Waals surface area (Å²) in [7, 11) is 1.55. The fraction of sp³-hybridized carbons (Fsp3) is 0.0870. The second kappa shape index (κ2) is 10.4. The van der Waals surface area contributed by atoms with E-state index in [2.05, 4.69) is 15.8 Å². The molecule has 0 aliphatic rings. The quantitative estimate of drug-likeness (QED) is 0.360. The zero-order chi connectivity index (χ0) is 21.2. The third kappa shape index (κ3) is 6.20. The summed E-state index contributed by atoms with van der Waals surface area (Å²) in [6, 6.07) is 23.7. The summed E-state index contributed by atoms with van der Waals surface area (Å²) >= 11 is 0. The summed E-state index contributed by atoms with van der Waals surface area (Å²) in [6.07, 6.45) is 1.44. The van der Waals surface area contributed by atoms with E-state index >= 15 is 0 Å². The molecule has 0 aliphatic carbocycles. The fourth-order valence-electron chi connectivity index (χ4n) is 2.50. The largest absolute Gasteiger partial charge is 0.497 e. The van der Waals surface area contributed by atoms with Crippen molar-refractivity contribution >= 4 is 23.7 Å². The van der Waals surface area contributed by atoms with Gasteiger partial charge in [-0.3, -0.25) is 9.59 Å². The third-order valence-corrected chi connectivity index (χ3v) is 4.04. The highest BCUT2D eigenvalue weighted by Crippen LogP contribution is 2.15. The predicted octanol–water partition coefficient (Wildman–Crippen LogP) is 3.36. The Labute approximate surface area is 174 Å². The molecule has 0 aromatic heterocycles. The molecule has 0 saturated heterocycles. The Hall–Kier alpha value is -4.13. The Bertz CT molecular complexity index is 1020. The lowest BCUT2D eigenvalue weighted by Crippen LogP contribution is -2.32. The van der Waals surface area contributed by atoms with E-state index < -0.39 is 11.8 Å². The smallest absolute Gasteiger partial charge is 0.329 e. The first kappa shape index (κ1) is 20.6. The first-order valence-electron chi connectivity index (χ1n) is 9.19. The molecule has 0 spiro atoms. The molecule has 152 valence electrons. The summed E-state index contributed by atoms with van der Waals surface area (Å²) in [4.78, 5) is 23.8. The summed E-state index contributed by atoms with van der Waals surface area (Å²) in [5.74, 6) is -0.376. The maximum atomic E-state index is 11.9. The van der Waals surface area contributed by atoms with Gasteiger partial charge < -0.3 is 14.8 Å². The lowest BCUT2D eigenvalue weighted by molar-refractivity contribution is -0.136. The van der Waals surface area contributed by atoms with Crippen LogP contribution in [0, 0.1) is 0 Å². The van der Waals surface area contributed by atoms with Crippen molar-refractivity contribution in [2.24, 2.45) is 5.10 Å². The summed E-state index contributed by atoms with van der Waals surface area (Å²) in [6.45, 7) is 0.448. The highest BCUT2D eigenvalue weighted by molar-refractivity contribution is 6.39. The lowest BCUT2D eigenvalue weighted by atomic mass is 10.2. The topological polar surface area (TPSA) is 89.0 Å². The molecule has 3 rings (SSSR count). The van der Waals surface area contributed by atoms with Crippen LogP contribution < -0.4 is 20.2 Å². The van der Waals surface area contributed by atoms with Crippen LogP contribution in [0.3, 0.4) is 0 Å².